The first-order valence-electron chi connectivity index (χ1n) is 8.55. The summed E-state index contributed by atoms with van der Waals surface area (Å²) < 4.78 is 1.70. The Morgan fingerprint density at radius 1 is 1.22 bits per heavy atom. The zero-order chi connectivity index (χ0) is 19.4. The van der Waals surface area contributed by atoms with Crippen molar-refractivity contribution in [1.82, 2.24) is 9.99 Å². The van der Waals surface area contributed by atoms with Crippen LogP contribution in [0.15, 0.2) is 53.6 Å². The predicted molar refractivity (Wildman–Crippen MR) is 107 cm³/mol. The van der Waals surface area contributed by atoms with E-state index in [1.807, 2.05) is 36.4 Å². The molecule has 0 saturated carbocycles. The molecule has 0 spiro atoms. The smallest absolute Gasteiger partial charge is 0.240 e. The van der Waals surface area contributed by atoms with Crippen LogP contribution in [0.3, 0.4) is 0 Å². The predicted octanol–water partition coefficient (Wildman–Crippen LogP) is 3.60. The molecule has 27 heavy (non-hydrogen) atoms. The molecule has 0 atom stereocenters. The highest BCUT2D eigenvalue weighted by molar-refractivity contribution is 6.31. The second-order valence-corrected chi connectivity index (χ2v) is 6.53. The number of hydrogen-bond acceptors (Lipinski definition) is 4. The molecule has 3 rings (SSSR count). The first-order valence-corrected chi connectivity index (χ1v) is 8.93. The second-order valence-electron chi connectivity index (χ2n) is 6.09. The van der Waals surface area contributed by atoms with Crippen molar-refractivity contribution < 1.29 is 15.0 Å². The number of fused-ring (bicyclic) bond motifs is 1. The van der Waals surface area contributed by atoms with Crippen molar-refractivity contribution in [1.29, 1.82) is 0 Å². The van der Waals surface area contributed by atoms with E-state index in [1.54, 1.807) is 23.6 Å². The summed E-state index contributed by atoms with van der Waals surface area (Å²) in [6.07, 6.45) is 0.554. The second kappa shape index (κ2) is 8.24. The Morgan fingerprint density at radius 3 is 2.67 bits per heavy atom. The van der Waals surface area contributed by atoms with Crippen LogP contribution in [0.4, 0.5) is 0 Å². The summed E-state index contributed by atoms with van der Waals surface area (Å²) in [5.41, 5.74) is 4.97. The SMILES string of the molecule is C/C(=N\NC(=O)CCCO)c1c(O)n(-c2ccccc2)c2cc(Cl)ccc12. The molecule has 0 aliphatic heterocycles. The number of hydrogen-bond donors (Lipinski definition) is 3. The van der Waals surface area contributed by atoms with Crippen LogP contribution in [0.5, 0.6) is 5.88 Å². The van der Waals surface area contributed by atoms with Crippen molar-refractivity contribution in [3.05, 3.63) is 59.1 Å². The number of halogens is 1. The number of aliphatic hydroxyl groups excluding tert-OH is 1. The summed E-state index contributed by atoms with van der Waals surface area (Å²) in [7, 11) is 0. The monoisotopic (exact) mass is 385 g/mol. The van der Waals surface area contributed by atoms with E-state index in [4.69, 9.17) is 16.7 Å². The Bertz CT molecular complexity index is 997. The van der Waals surface area contributed by atoms with Crippen molar-refractivity contribution in [3.8, 4) is 11.6 Å². The van der Waals surface area contributed by atoms with Gasteiger partial charge in [0, 0.05) is 29.1 Å². The Labute approximate surface area is 161 Å². The van der Waals surface area contributed by atoms with Crippen molar-refractivity contribution in [2.75, 3.05) is 6.61 Å². The zero-order valence-corrected chi connectivity index (χ0v) is 15.6. The van der Waals surface area contributed by atoms with E-state index in [0.717, 1.165) is 16.6 Å². The minimum absolute atomic E-state index is 0.0179. The number of benzene rings is 2. The highest BCUT2D eigenvalue weighted by Crippen LogP contribution is 2.36. The fraction of sp³-hybridized carbons (Fsp3) is 0.200. The van der Waals surface area contributed by atoms with Gasteiger partial charge in [-0.25, -0.2) is 5.43 Å². The summed E-state index contributed by atoms with van der Waals surface area (Å²) in [5.74, 6) is -0.276. The van der Waals surface area contributed by atoms with Crippen LogP contribution in [0.2, 0.25) is 5.02 Å². The van der Waals surface area contributed by atoms with Crippen LogP contribution in [0.25, 0.3) is 16.6 Å². The van der Waals surface area contributed by atoms with E-state index in [9.17, 15) is 9.90 Å². The Morgan fingerprint density at radius 2 is 1.96 bits per heavy atom. The van der Waals surface area contributed by atoms with E-state index in [1.165, 1.54) is 0 Å². The molecule has 0 aliphatic carbocycles. The summed E-state index contributed by atoms with van der Waals surface area (Å²) in [6.45, 7) is 1.66. The number of carbonyl (C=O) groups excluding carboxylic acids is 1. The lowest BCUT2D eigenvalue weighted by Crippen LogP contribution is -2.19. The molecule has 6 nitrogen and oxygen atoms in total. The van der Waals surface area contributed by atoms with Gasteiger partial charge in [0.25, 0.3) is 0 Å². The minimum Gasteiger partial charge on any atom is -0.494 e. The number of aliphatic hydroxyl groups is 1. The lowest BCUT2D eigenvalue weighted by Gasteiger charge is -2.07. The molecule has 7 heteroatoms. The molecule has 1 heterocycles. The molecular weight excluding hydrogens is 366 g/mol. The van der Waals surface area contributed by atoms with Crippen molar-refractivity contribution in [2.24, 2.45) is 5.10 Å². The average Bonchev–Trinajstić information content (AvgIpc) is 2.96. The molecule has 140 valence electrons. The number of nitrogens with zero attached hydrogens (tertiary/aromatic N) is 2. The number of para-hydroxylation sites is 1. The number of aromatic nitrogens is 1. The van der Waals surface area contributed by atoms with Gasteiger partial charge in [0.2, 0.25) is 11.8 Å². The highest BCUT2D eigenvalue weighted by Gasteiger charge is 2.20. The lowest BCUT2D eigenvalue weighted by molar-refractivity contribution is -0.121. The summed E-state index contributed by atoms with van der Waals surface area (Å²) in [6, 6.07) is 14.8. The fourth-order valence-corrected chi connectivity index (χ4v) is 3.11. The maximum Gasteiger partial charge on any atom is 0.240 e. The number of aromatic hydroxyl groups is 1. The molecule has 1 amide bonds. The molecular formula is C20H20ClN3O3. The Hall–Kier alpha value is -2.83. The molecule has 0 radical (unpaired) electrons. The van der Waals surface area contributed by atoms with Gasteiger partial charge >= 0.3 is 0 Å². The average molecular weight is 386 g/mol. The van der Waals surface area contributed by atoms with Gasteiger partial charge in [-0.1, -0.05) is 35.9 Å². The molecule has 2 aromatic carbocycles. The summed E-state index contributed by atoms with van der Waals surface area (Å²) in [4.78, 5) is 11.7. The minimum atomic E-state index is -0.294. The third-order valence-corrected chi connectivity index (χ3v) is 4.43. The number of rotatable bonds is 6. The number of nitrogens with one attached hydrogen (secondary N) is 1. The van der Waals surface area contributed by atoms with Gasteiger partial charge in [-0.2, -0.15) is 5.10 Å². The van der Waals surface area contributed by atoms with Crippen molar-refractivity contribution >= 4 is 34.1 Å². The van der Waals surface area contributed by atoms with E-state index in [0.29, 0.717) is 22.7 Å². The quantitative estimate of drug-likeness (QED) is 0.447. The first kappa shape index (κ1) is 18.9. The maximum absolute atomic E-state index is 11.7. The van der Waals surface area contributed by atoms with Crippen molar-refractivity contribution in [2.45, 2.75) is 19.8 Å². The van der Waals surface area contributed by atoms with Gasteiger partial charge in [-0.05, 0) is 37.6 Å². The molecule has 3 N–H and O–H groups in total. The molecule has 3 aromatic rings. The van der Waals surface area contributed by atoms with E-state index >= 15 is 0 Å². The number of hydrazone groups is 1. The number of amides is 1. The van der Waals surface area contributed by atoms with E-state index in [2.05, 4.69) is 10.5 Å². The Kier molecular flexibility index (Phi) is 5.78. The van der Waals surface area contributed by atoms with Gasteiger partial charge in [-0.3, -0.25) is 9.36 Å². The summed E-state index contributed by atoms with van der Waals surface area (Å²) in [5, 5.41) is 25.2. The van der Waals surface area contributed by atoms with E-state index < -0.39 is 0 Å². The molecule has 0 aliphatic rings. The van der Waals surface area contributed by atoms with Gasteiger partial charge < -0.3 is 10.2 Å². The normalized spacial score (nSPS) is 11.7. The molecule has 0 fully saturated rings. The van der Waals surface area contributed by atoms with Crippen LogP contribution in [-0.2, 0) is 4.79 Å². The van der Waals surface area contributed by atoms with E-state index in [-0.39, 0.29) is 24.8 Å². The van der Waals surface area contributed by atoms with Gasteiger partial charge in [-0.15, -0.1) is 0 Å². The maximum atomic E-state index is 11.7. The topological polar surface area (TPSA) is 86.8 Å². The molecule has 1 aromatic heterocycles. The number of carbonyl (C=O) groups is 1. The lowest BCUT2D eigenvalue weighted by atomic mass is 10.1. The van der Waals surface area contributed by atoms with Gasteiger partial charge in [0.05, 0.1) is 16.8 Å². The fourth-order valence-electron chi connectivity index (χ4n) is 2.94. The molecule has 0 unspecified atom stereocenters. The molecule has 0 bridgehead atoms. The van der Waals surface area contributed by atoms with Crippen molar-refractivity contribution in [3.63, 3.8) is 0 Å². The van der Waals surface area contributed by atoms with Crippen LogP contribution >= 0.6 is 11.6 Å². The zero-order valence-electron chi connectivity index (χ0n) is 14.8. The van der Waals surface area contributed by atoms with Crippen LogP contribution in [0, 0.1) is 0 Å². The van der Waals surface area contributed by atoms with Crippen LogP contribution in [-0.4, -0.2) is 33.0 Å². The van der Waals surface area contributed by atoms with Crippen LogP contribution < -0.4 is 5.43 Å². The Balaban J connectivity index is 2.08. The third-order valence-electron chi connectivity index (χ3n) is 4.19. The summed E-state index contributed by atoms with van der Waals surface area (Å²) >= 11 is 6.17. The van der Waals surface area contributed by atoms with Gasteiger partial charge in [0.15, 0.2) is 0 Å². The first-order chi connectivity index (χ1) is 13.0. The largest absolute Gasteiger partial charge is 0.494 e. The standard InChI is InChI=1S/C20H20ClN3O3/c1-13(22-23-18(26)8-5-11-25)19-16-10-9-14(21)12-17(16)24(20(19)27)15-6-3-2-4-7-15/h2-4,6-7,9-10,12,25,27H,5,8,11H2,1H3,(H,23,26)/b22-13+. The third kappa shape index (κ3) is 3.97. The molecule has 0 saturated heterocycles. The van der Waals surface area contributed by atoms with Gasteiger partial charge in [0.1, 0.15) is 0 Å². The van der Waals surface area contributed by atoms with Crippen LogP contribution in [0.1, 0.15) is 25.3 Å². The highest BCUT2D eigenvalue weighted by atomic mass is 35.5.